The van der Waals surface area contributed by atoms with Crippen LogP contribution < -0.4 is 15.4 Å². The molecule has 0 aliphatic heterocycles. The minimum Gasteiger partial charge on any atom is -0.488 e. The number of nitrogens with zero attached hydrogens (tertiary/aromatic N) is 1. The molecule has 2 aliphatic rings. The Morgan fingerprint density at radius 1 is 1.16 bits per heavy atom. The Kier molecular flexibility index (Phi) is 4.59. The smallest absolute Gasteiger partial charge is 0.315 e. The summed E-state index contributed by atoms with van der Waals surface area (Å²) in [6, 6.07) is 9.96. The fourth-order valence-electron chi connectivity index (χ4n) is 3.84. The van der Waals surface area contributed by atoms with E-state index in [9.17, 15) is 4.79 Å². The molecule has 4 rings (SSSR count). The van der Waals surface area contributed by atoms with Crippen LogP contribution in [0.3, 0.4) is 0 Å². The summed E-state index contributed by atoms with van der Waals surface area (Å²) >= 11 is 0. The van der Waals surface area contributed by atoms with Gasteiger partial charge in [0.25, 0.3) is 0 Å². The average Bonchev–Trinajstić information content (AvgIpc) is 3.25. The van der Waals surface area contributed by atoms with Crippen molar-refractivity contribution in [3.8, 4) is 5.75 Å². The van der Waals surface area contributed by atoms with Gasteiger partial charge in [-0.05, 0) is 56.2 Å². The summed E-state index contributed by atoms with van der Waals surface area (Å²) in [5.41, 5.74) is 2.41. The van der Waals surface area contributed by atoms with E-state index >= 15 is 0 Å². The minimum atomic E-state index is -0.0921. The van der Waals surface area contributed by atoms with Crippen LogP contribution in [0.4, 0.5) is 4.79 Å². The molecule has 0 spiro atoms. The maximum absolute atomic E-state index is 12.4. The average molecular weight is 340 g/mol. The summed E-state index contributed by atoms with van der Waals surface area (Å²) in [7, 11) is 0. The second-order valence-electron chi connectivity index (χ2n) is 6.94. The first-order valence-electron chi connectivity index (χ1n) is 9.08. The molecule has 6 heteroatoms. The van der Waals surface area contributed by atoms with Crippen molar-refractivity contribution in [3.63, 3.8) is 0 Å². The van der Waals surface area contributed by atoms with E-state index < -0.39 is 0 Å². The number of H-pyrrole nitrogens is 1. The maximum Gasteiger partial charge on any atom is 0.315 e. The molecule has 2 amide bonds. The number of aryl methyl sites for hydroxylation is 1. The molecule has 6 nitrogen and oxygen atoms in total. The first-order valence-corrected chi connectivity index (χ1v) is 9.08. The van der Waals surface area contributed by atoms with E-state index in [1.807, 2.05) is 36.5 Å². The first kappa shape index (κ1) is 16.0. The van der Waals surface area contributed by atoms with Gasteiger partial charge in [-0.1, -0.05) is 18.2 Å². The van der Waals surface area contributed by atoms with Crippen molar-refractivity contribution in [1.29, 1.82) is 0 Å². The van der Waals surface area contributed by atoms with Crippen LogP contribution in [0.25, 0.3) is 0 Å². The Morgan fingerprint density at radius 3 is 2.92 bits per heavy atom. The topological polar surface area (TPSA) is 79.0 Å². The molecule has 1 aromatic heterocycles. The fraction of sp³-hybridized carbons (Fsp3) is 0.474. The number of carbonyl (C=O) groups is 1. The van der Waals surface area contributed by atoms with Crippen LogP contribution in [-0.2, 0) is 12.8 Å². The molecular formula is C19H24N4O2. The van der Waals surface area contributed by atoms with Gasteiger partial charge in [0.2, 0.25) is 0 Å². The van der Waals surface area contributed by atoms with Gasteiger partial charge < -0.3 is 15.4 Å². The van der Waals surface area contributed by atoms with Crippen LogP contribution in [0.1, 0.15) is 36.9 Å². The van der Waals surface area contributed by atoms with Gasteiger partial charge in [-0.2, -0.15) is 5.10 Å². The Hall–Kier alpha value is -2.50. The zero-order valence-electron chi connectivity index (χ0n) is 14.2. The highest BCUT2D eigenvalue weighted by Gasteiger charge is 2.31. The predicted octanol–water partition coefficient (Wildman–Crippen LogP) is 2.57. The molecule has 1 heterocycles. The molecule has 2 aliphatic carbocycles. The molecule has 0 bridgehead atoms. The molecule has 0 unspecified atom stereocenters. The van der Waals surface area contributed by atoms with Crippen LogP contribution in [0.2, 0.25) is 0 Å². The first-order chi connectivity index (χ1) is 12.3. The molecule has 0 radical (unpaired) electrons. The lowest BCUT2D eigenvalue weighted by atomic mass is 9.94. The number of hydrogen-bond donors (Lipinski definition) is 3. The number of nitrogens with one attached hydrogen (secondary N) is 3. The standard InChI is InChI=1S/C19H24N4O2/c24-19(21-14-9-10-16-13(11-14)12-20-23-16)22-17-7-4-8-18(17)25-15-5-2-1-3-6-15/h1-3,5-6,12,14,17-18H,4,7-11H2,(H,20,23)(H2,21,22,24)/t14-,17+,18-/m1/s1. The number of rotatable bonds is 4. The van der Waals surface area contributed by atoms with E-state index in [4.69, 9.17) is 4.74 Å². The molecule has 25 heavy (non-hydrogen) atoms. The fourth-order valence-corrected chi connectivity index (χ4v) is 3.84. The van der Waals surface area contributed by atoms with Crippen LogP contribution >= 0.6 is 0 Å². The maximum atomic E-state index is 12.4. The lowest BCUT2D eigenvalue weighted by molar-refractivity contribution is 0.171. The third-order valence-electron chi connectivity index (χ3n) is 5.15. The molecule has 132 valence electrons. The number of aromatic nitrogens is 2. The number of aromatic amines is 1. The van der Waals surface area contributed by atoms with Gasteiger partial charge in [0.1, 0.15) is 11.9 Å². The normalized spacial score (nSPS) is 25.2. The molecule has 3 N–H and O–H groups in total. The Labute approximate surface area is 147 Å². The number of hydrogen-bond acceptors (Lipinski definition) is 3. The zero-order valence-corrected chi connectivity index (χ0v) is 14.2. The van der Waals surface area contributed by atoms with Gasteiger partial charge in [-0.3, -0.25) is 5.10 Å². The highest BCUT2D eigenvalue weighted by atomic mass is 16.5. The van der Waals surface area contributed by atoms with Crippen molar-refractivity contribution >= 4 is 6.03 Å². The predicted molar refractivity (Wildman–Crippen MR) is 94.6 cm³/mol. The summed E-state index contributed by atoms with van der Waals surface area (Å²) in [5.74, 6) is 0.862. The minimum absolute atomic E-state index is 0.0417. The van der Waals surface area contributed by atoms with Crippen molar-refractivity contribution in [3.05, 3.63) is 47.8 Å². The lowest BCUT2D eigenvalue weighted by Gasteiger charge is -2.26. The number of ether oxygens (including phenoxy) is 1. The van der Waals surface area contributed by atoms with Crippen molar-refractivity contribution in [2.45, 2.75) is 56.7 Å². The Morgan fingerprint density at radius 2 is 2.04 bits per heavy atom. The SMILES string of the molecule is O=C(N[C@@H]1CCc2[nH]ncc2C1)N[C@H]1CCC[C@H]1Oc1ccccc1. The lowest BCUT2D eigenvalue weighted by Crippen LogP contribution is -2.50. The van der Waals surface area contributed by atoms with E-state index in [2.05, 4.69) is 20.8 Å². The van der Waals surface area contributed by atoms with Gasteiger partial charge in [-0.25, -0.2) is 4.79 Å². The number of urea groups is 1. The van der Waals surface area contributed by atoms with Crippen molar-refractivity contribution in [2.75, 3.05) is 0 Å². The van der Waals surface area contributed by atoms with Crippen molar-refractivity contribution in [1.82, 2.24) is 20.8 Å². The van der Waals surface area contributed by atoms with Crippen molar-refractivity contribution in [2.24, 2.45) is 0 Å². The van der Waals surface area contributed by atoms with E-state index in [-0.39, 0.29) is 24.2 Å². The number of fused-ring (bicyclic) bond motifs is 1. The second-order valence-corrected chi connectivity index (χ2v) is 6.94. The number of amides is 2. The second kappa shape index (κ2) is 7.17. The summed E-state index contributed by atoms with van der Waals surface area (Å²) in [6.45, 7) is 0. The third-order valence-corrected chi connectivity index (χ3v) is 5.15. The summed E-state index contributed by atoms with van der Waals surface area (Å²) in [6.07, 6.45) is 7.63. The van der Waals surface area contributed by atoms with Crippen LogP contribution in [0.15, 0.2) is 36.5 Å². The van der Waals surface area contributed by atoms with E-state index in [1.54, 1.807) is 0 Å². The Balaban J connectivity index is 1.30. The summed E-state index contributed by atoms with van der Waals surface area (Å²) in [4.78, 5) is 12.4. The molecule has 0 saturated heterocycles. The highest BCUT2D eigenvalue weighted by molar-refractivity contribution is 5.74. The monoisotopic (exact) mass is 340 g/mol. The highest BCUT2D eigenvalue weighted by Crippen LogP contribution is 2.25. The zero-order chi connectivity index (χ0) is 17.1. The summed E-state index contributed by atoms with van der Waals surface area (Å²) in [5, 5.41) is 13.3. The van der Waals surface area contributed by atoms with E-state index in [1.165, 1.54) is 11.3 Å². The number of para-hydroxylation sites is 1. The molecule has 2 aromatic rings. The van der Waals surface area contributed by atoms with Gasteiger partial charge in [-0.15, -0.1) is 0 Å². The van der Waals surface area contributed by atoms with Crippen LogP contribution in [0, 0.1) is 0 Å². The quantitative estimate of drug-likeness (QED) is 0.800. The molecular weight excluding hydrogens is 316 g/mol. The molecule has 1 fully saturated rings. The Bertz CT molecular complexity index is 715. The number of carbonyl (C=O) groups excluding carboxylic acids is 1. The summed E-state index contributed by atoms with van der Waals surface area (Å²) < 4.78 is 6.06. The molecule has 1 aromatic carbocycles. The van der Waals surface area contributed by atoms with Gasteiger partial charge in [0, 0.05) is 11.7 Å². The molecule has 3 atom stereocenters. The van der Waals surface area contributed by atoms with E-state index in [0.29, 0.717) is 0 Å². The molecule has 1 saturated carbocycles. The largest absolute Gasteiger partial charge is 0.488 e. The van der Waals surface area contributed by atoms with Gasteiger partial charge >= 0.3 is 6.03 Å². The van der Waals surface area contributed by atoms with Gasteiger partial charge in [0.05, 0.1) is 12.2 Å². The van der Waals surface area contributed by atoms with Crippen molar-refractivity contribution < 1.29 is 9.53 Å². The van der Waals surface area contributed by atoms with Crippen LogP contribution in [-0.4, -0.2) is 34.4 Å². The van der Waals surface area contributed by atoms with Gasteiger partial charge in [0.15, 0.2) is 0 Å². The van der Waals surface area contributed by atoms with Crippen LogP contribution in [0.5, 0.6) is 5.75 Å². The third kappa shape index (κ3) is 3.78. The van der Waals surface area contributed by atoms with E-state index in [0.717, 1.165) is 44.3 Å². The number of benzene rings is 1.